The molecule has 0 amide bonds. The summed E-state index contributed by atoms with van der Waals surface area (Å²) in [5, 5.41) is 4.50. The number of aryl methyl sites for hydroxylation is 3. The predicted octanol–water partition coefficient (Wildman–Crippen LogP) is 4.69. The van der Waals surface area contributed by atoms with Gasteiger partial charge in [0, 0.05) is 13.1 Å². The Morgan fingerprint density at radius 2 is 1.90 bits per heavy atom. The summed E-state index contributed by atoms with van der Waals surface area (Å²) in [7, 11) is 0. The molecule has 4 nitrogen and oxygen atoms in total. The Morgan fingerprint density at radius 1 is 1.19 bits per heavy atom. The second kappa shape index (κ2) is 6.82. The number of fused-ring (bicyclic) bond motifs is 1. The van der Waals surface area contributed by atoms with Crippen LogP contribution in [0.3, 0.4) is 0 Å². The molecular weight excluding hydrogens is 284 g/mol. The van der Waals surface area contributed by atoms with Crippen LogP contribution in [-0.2, 0) is 13.1 Å². The van der Waals surface area contributed by atoms with Gasteiger partial charge in [-0.2, -0.15) is 5.10 Å². The number of hydrogen-bond acceptors (Lipinski definition) is 2. The minimum absolute atomic E-state index is 0.0767. The second-order valence-corrected chi connectivity index (χ2v) is 6.86. The van der Waals surface area contributed by atoms with Crippen LogP contribution in [0, 0.1) is 12.8 Å². The van der Waals surface area contributed by atoms with Crippen molar-refractivity contribution in [2.75, 3.05) is 0 Å². The molecule has 2 aromatic heterocycles. The molecule has 0 spiro atoms. The number of nitrogens with zero attached hydrogens (tertiary/aromatic N) is 4. The number of hydrogen-bond donors (Lipinski definition) is 0. The van der Waals surface area contributed by atoms with Crippen LogP contribution < -0.4 is 0 Å². The molecule has 118 valence electrons. The van der Waals surface area contributed by atoms with Crippen molar-refractivity contribution in [1.82, 2.24) is 19.3 Å². The fourth-order valence-corrected chi connectivity index (χ4v) is 2.98. The van der Waals surface area contributed by atoms with Gasteiger partial charge in [-0.1, -0.05) is 26.7 Å². The average Bonchev–Trinajstić information content (AvgIpc) is 2.93. The maximum atomic E-state index is 6.33. The zero-order chi connectivity index (χ0) is 15.6. The largest absolute Gasteiger partial charge is 0.312 e. The fraction of sp³-hybridized carbons (Fsp3) is 0.750. The lowest BCUT2D eigenvalue weighted by molar-refractivity contribution is 0.501. The van der Waals surface area contributed by atoms with E-state index >= 15 is 0 Å². The van der Waals surface area contributed by atoms with Crippen molar-refractivity contribution >= 4 is 22.8 Å². The summed E-state index contributed by atoms with van der Waals surface area (Å²) in [6.07, 6.45) is 3.68. The van der Waals surface area contributed by atoms with Crippen LogP contribution in [0.15, 0.2) is 0 Å². The Kier molecular flexibility index (Phi) is 5.31. The van der Waals surface area contributed by atoms with Gasteiger partial charge in [0.25, 0.3) is 0 Å². The zero-order valence-corrected chi connectivity index (χ0v) is 14.6. The molecule has 0 aliphatic rings. The highest BCUT2D eigenvalue weighted by Crippen LogP contribution is 2.27. The summed E-state index contributed by atoms with van der Waals surface area (Å²) in [6, 6.07) is 0. The lowest BCUT2D eigenvalue weighted by atomic mass is 10.1. The molecule has 0 aliphatic carbocycles. The van der Waals surface area contributed by atoms with Crippen molar-refractivity contribution in [3.05, 3.63) is 11.5 Å². The number of imidazole rings is 1. The average molecular weight is 311 g/mol. The maximum Gasteiger partial charge on any atom is 0.158 e. The van der Waals surface area contributed by atoms with Crippen LogP contribution in [0.1, 0.15) is 63.9 Å². The van der Waals surface area contributed by atoms with Crippen LogP contribution in [-0.4, -0.2) is 19.3 Å². The van der Waals surface area contributed by atoms with E-state index in [0.29, 0.717) is 0 Å². The number of rotatable bonds is 7. The highest BCUT2D eigenvalue weighted by Gasteiger charge is 2.20. The van der Waals surface area contributed by atoms with Crippen molar-refractivity contribution < 1.29 is 0 Å². The van der Waals surface area contributed by atoms with E-state index < -0.39 is 0 Å². The molecule has 0 aromatic carbocycles. The molecule has 0 bridgehead atoms. The van der Waals surface area contributed by atoms with Gasteiger partial charge in [0.1, 0.15) is 11.3 Å². The molecule has 0 saturated heterocycles. The highest BCUT2D eigenvalue weighted by molar-refractivity contribution is 6.20. The SMILES string of the molecule is CCn1nc(C)c2nc(C(C)Cl)n(CCCCC(C)C)c21. The smallest absolute Gasteiger partial charge is 0.158 e. The van der Waals surface area contributed by atoms with Crippen molar-refractivity contribution in [3.63, 3.8) is 0 Å². The maximum absolute atomic E-state index is 6.33. The molecule has 2 rings (SSSR count). The van der Waals surface area contributed by atoms with Gasteiger partial charge < -0.3 is 4.57 Å². The lowest BCUT2D eigenvalue weighted by Gasteiger charge is -2.12. The minimum Gasteiger partial charge on any atom is -0.312 e. The summed E-state index contributed by atoms with van der Waals surface area (Å²) in [5.74, 6) is 1.74. The van der Waals surface area contributed by atoms with E-state index in [2.05, 4.69) is 30.4 Å². The Labute approximate surface area is 132 Å². The summed E-state index contributed by atoms with van der Waals surface area (Å²) < 4.78 is 4.32. The number of halogens is 1. The third-order valence-electron chi connectivity index (χ3n) is 3.90. The standard InChI is InChI=1S/C16H27ClN4/c1-6-21-16-14(13(5)19-21)18-15(12(4)17)20(16)10-8-7-9-11(2)3/h11-12H,6-10H2,1-5H3. The van der Waals surface area contributed by atoms with E-state index in [-0.39, 0.29) is 5.38 Å². The monoisotopic (exact) mass is 310 g/mol. The molecule has 1 unspecified atom stereocenters. The Balaban J connectivity index is 2.31. The van der Waals surface area contributed by atoms with Gasteiger partial charge in [0.2, 0.25) is 0 Å². The number of aromatic nitrogens is 4. The Morgan fingerprint density at radius 3 is 2.48 bits per heavy atom. The highest BCUT2D eigenvalue weighted by atomic mass is 35.5. The summed E-state index contributed by atoms with van der Waals surface area (Å²) in [5.41, 5.74) is 3.12. The van der Waals surface area contributed by atoms with Crippen LogP contribution in [0.4, 0.5) is 0 Å². The normalized spacial score (nSPS) is 13.5. The van der Waals surface area contributed by atoms with Gasteiger partial charge in [-0.05, 0) is 33.1 Å². The first-order valence-corrected chi connectivity index (χ1v) is 8.46. The molecular formula is C16H27ClN4. The van der Waals surface area contributed by atoms with E-state index in [9.17, 15) is 0 Å². The molecule has 0 aliphatic heterocycles. The number of alkyl halides is 1. The lowest BCUT2D eigenvalue weighted by Crippen LogP contribution is -2.09. The molecule has 0 N–H and O–H groups in total. The molecule has 5 heteroatoms. The van der Waals surface area contributed by atoms with E-state index in [1.54, 1.807) is 0 Å². The molecule has 1 atom stereocenters. The minimum atomic E-state index is -0.0767. The zero-order valence-electron chi connectivity index (χ0n) is 13.9. The van der Waals surface area contributed by atoms with Gasteiger partial charge in [-0.15, -0.1) is 11.6 Å². The van der Waals surface area contributed by atoms with Crippen molar-refractivity contribution in [2.24, 2.45) is 5.92 Å². The van der Waals surface area contributed by atoms with Gasteiger partial charge in [-0.3, -0.25) is 0 Å². The first-order valence-electron chi connectivity index (χ1n) is 8.03. The first-order chi connectivity index (χ1) is 9.95. The number of unbranched alkanes of at least 4 members (excludes halogenated alkanes) is 1. The Hall–Kier alpha value is -1.03. The molecule has 0 saturated carbocycles. The van der Waals surface area contributed by atoms with Crippen LogP contribution in [0.25, 0.3) is 11.2 Å². The molecule has 0 fully saturated rings. The van der Waals surface area contributed by atoms with Crippen LogP contribution >= 0.6 is 11.6 Å². The van der Waals surface area contributed by atoms with E-state index in [1.807, 2.05) is 18.5 Å². The second-order valence-electron chi connectivity index (χ2n) is 6.20. The summed E-state index contributed by atoms with van der Waals surface area (Å²) in [4.78, 5) is 4.74. The van der Waals surface area contributed by atoms with Crippen molar-refractivity contribution in [2.45, 2.75) is 72.3 Å². The summed E-state index contributed by atoms with van der Waals surface area (Å²) >= 11 is 6.33. The van der Waals surface area contributed by atoms with Crippen LogP contribution in [0.5, 0.6) is 0 Å². The van der Waals surface area contributed by atoms with Crippen molar-refractivity contribution in [1.29, 1.82) is 0 Å². The van der Waals surface area contributed by atoms with Gasteiger partial charge in [0.05, 0.1) is 11.1 Å². The quantitative estimate of drug-likeness (QED) is 0.549. The van der Waals surface area contributed by atoms with E-state index in [4.69, 9.17) is 16.6 Å². The molecule has 21 heavy (non-hydrogen) atoms. The molecule has 0 radical (unpaired) electrons. The van der Waals surface area contributed by atoms with E-state index in [1.165, 1.54) is 12.8 Å². The third-order valence-corrected chi connectivity index (χ3v) is 4.09. The first kappa shape index (κ1) is 16.3. The topological polar surface area (TPSA) is 35.6 Å². The van der Waals surface area contributed by atoms with Gasteiger partial charge >= 0.3 is 0 Å². The third kappa shape index (κ3) is 3.42. The Bertz CT molecular complexity index is 595. The summed E-state index contributed by atoms with van der Waals surface area (Å²) in [6.45, 7) is 12.5. The van der Waals surface area contributed by atoms with Gasteiger partial charge in [-0.25, -0.2) is 9.67 Å². The fourth-order valence-electron chi connectivity index (χ4n) is 2.81. The van der Waals surface area contributed by atoms with Crippen LogP contribution in [0.2, 0.25) is 0 Å². The van der Waals surface area contributed by atoms with Gasteiger partial charge in [0.15, 0.2) is 5.65 Å². The predicted molar refractivity (Wildman–Crippen MR) is 88.9 cm³/mol. The molecule has 2 aromatic rings. The van der Waals surface area contributed by atoms with E-state index in [0.717, 1.165) is 48.1 Å². The molecule has 2 heterocycles. The van der Waals surface area contributed by atoms with Crippen molar-refractivity contribution in [3.8, 4) is 0 Å².